The summed E-state index contributed by atoms with van der Waals surface area (Å²) in [6.07, 6.45) is 3.44. The van der Waals surface area contributed by atoms with Gasteiger partial charge in [0.15, 0.2) is 0 Å². The Kier molecular flexibility index (Phi) is 4.49. The number of nitrogens with zero attached hydrogens (tertiary/aromatic N) is 2. The maximum atomic E-state index is 13.1. The number of halogens is 2. The van der Waals surface area contributed by atoms with E-state index in [1.807, 2.05) is 7.05 Å². The fourth-order valence-electron chi connectivity index (χ4n) is 2.71. The normalized spacial score (nSPS) is 16.9. The number of likely N-dealkylation sites (N-methyl/N-ethyl adjacent to an activating group) is 2. The van der Waals surface area contributed by atoms with Gasteiger partial charge in [0.05, 0.1) is 5.56 Å². The molecule has 0 aromatic heterocycles. The molecule has 110 valence electrons. The second kappa shape index (κ2) is 5.82. The van der Waals surface area contributed by atoms with Crippen LogP contribution in [0.3, 0.4) is 0 Å². The molecule has 0 saturated heterocycles. The summed E-state index contributed by atoms with van der Waals surface area (Å²) in [6.45, 7) is 0.697. The lowest BCUT2D eigenvalue weighted by Crippen LogP contribution is -2.57. The fraction of sp³-hybridized carbons (Fsp3) is 0.533. The first kappa shape index (κ1) is 15.4. The minimum Gasteiger partial charge on any atom is -0.340 e. The van der Waals surface area contributed by atoms with Crippen LogP contribution in [0.25, 0.3) is 0 Å². The minimum atomic E-state index is -0.347. The standard InChI is InChI=1S/C15H20BrFN2O/c1-18(2)15(7-4-8-15)10-19(3)14(20)12-6-5-11(17)9-13(12)16/h5-6,9H,4,7-8,10H2,1-3H3. The second-order valence-corrected chi connectivity index (χ2v) is 6.61. The average molecular weight is 343 g/mol. The van der Waals surface area contributed by atoms with Crippen LogP contribution in [0.2, 0.25) is 0 Å². The molecule has 0 atom stereocenters. The van der Waals surface area contributed by atoms with Crippen LogP contribution >= 0.6 is 15.9 Å². The topological polar surface area (TPSA) is 23.6 Å². The van der Waals surface area contributed by atoms with E-state index in [0.29, 0.717) is 16.6 Å². The Morgan fingerprint density at radius 1 is 1.35 bits per heavy atom. The Labute approximate surface area is 127 Å². The smallest absolute Gasteiger partial charge is 0.254 e. The molecule has 3 nitrogen and oxygen atoms in total. The van der Waals surface area contributed by atoms with Gasteiger partial charge in [-0.1, -0.05) is 0 Å². The summed E-state index contributed by atoms with van der Waals surface area (Å²) in [4.78, 5) is 16.4. The van der Waals surface area contributed by atoms with E-state index in [4.69, 9.17) is 0 Å². The van der Waals surface area contributed by atoms with Gasteiger partial charge in [-0.3, -0.25) is 4.79 Å². The first-order valence-electron chi connectivity index (χ1n) is 6.74. The van der Waals surface area contributed by atoms with Crippen LogP contribution in [0.15, 0.2) is 22.7 Å². The largest absolute Gasteiger partial charge is 0.340 e. The van der Waals surface area contributed by atoms with E-state index in [0.717, 1.165) is 12.8 Å². The van der Waals surface area contributed by atoms with Crippen LogP contribution in [0.4, 0.5) is 4.39 Å². The maximum Gasteiger partial charge on any atom is 0.254 e. The third-order valence-corrected chi connectivity index (χ3v) is 4.93. The number of hydrogen-bond acceptors (Lipinski definition) is 2. The molecule has 0 radical (unpaired) electrons. The van der Waals surface area contributed by atoms with Crippen LogP contribution in [-0.4, -0.2) is 48.9 Å². The molecule has 1 aliphatic rings. The van der Waals surface area contributed by atoms with Crippen LogP contribution in [0.1, 0.15) is 29.6 Å². The molecule has 0 unspecified atom stereocenters. The van der Waals surface area contributed by atoms with Crippen LogP contribution in [0.5, 0.6) is 0 Å². The van der Waals surface area contributed by atoms with Crippen molar-refractivity contribution in [3.8, 4) is 0 Å². The van der Waals surface area contributed by atoms with Gasteiger partial charge in [-0.2, -0.15) is 0 Å². The summed E-state index contributed by atoms with van der Waals surface area (Å²) in [6, 6.07) is 4.17. The van der Waals surface area contributed by atoms with Crippen molar-refractivity contribution in [3.05, 3.63) is 34.1 Å². The van der Waals surface area contributed by atoms with Gasteiger partial charge in [0.25, 0.3) is 5.91 Å². The molecule has 1 amide bonds. The van der Waals surface area contributed by atoms with Crippen molar-refractivity contribution in [2.45, 2.75) is 24.8 Å². The minimum absolute atomic E-state index is 0.0787. The highest BCUT2D eigenvalue weighted by atomic mass is 79.9. The molecule has 0 bridgehead atoms. The van der Waals surface area contributed by atoms with Crippen LogP contribution < -0.4 is 0 Å². The quantitative estimate of drug-likeness (QED) is 0.839. The fourth-order valence-corrected chi connectivity index (χ4v) is 3.23. The van der Waals surface area contributed by atoms with E-state index < -0.39 is 0 Å². The molecule has 2 rings (SSSR count). The van der Waals surface area contributed by atoms with Crippen LogP contribution in [0, 0.1) is 5.82 Å². The van der Waals surface area contributed by atoms with Gasteiger partial charge in [-0.05, 0) is 67.5 Å². The Morgan fingerprint density at radius 2 is 2.00 bits per heavy atom. The molecule has 1 fully saturated rings. The molecule has 0 aliphatic heterocycles. The SMILES string of the molecule is CN(CC1(N(C)C)CCC1)C(=O)c1ccc(F)cc1Br. The molecule has 1 aliphatic carbocycles. The van der Waals surface area contributed by atoms with E-state index in [-0.39, 0.29) is 17.3 Å². The molecule has 5 heteroatoms. The molecule has 1 aromatic rings. The lowest BCUT2D eigenvalue weighted by molar-refractivity contribution is 0.0252. The first-order valence-corrected chi connectivity index (χ1v) is 7.53. The first-order chi connectivity index (χ1) is 9.35. The number of rotatable bonds is 4. The zero-order chi connectivity index (χ0) is 14.9. The highest BCUT2D eigenvalue weighted by Gasteiger charge is 2.40. The molecule has 0 N–H and O–H groups in total. The van der Waals surface area contributed by atoms with Gasteiger partial charge in [-0.15, -0.1) is 0 Å². The van der Waals surface area contributed by atoms with Crippen LogP contribution in [-0.2, 0) is 0 Å². The number of carbonyl (C=O) groups is 1. The number of carbonyl (C=O) groups excluding carboxylic acids is 1. The van der Waals surface area contributed by atoms with Crippen molar-refractivity contribution in [1.82, 2.24) is 9.80 Å². The monoisotopic (exact) mass is 342 g/mol. The highest BCUT2D eigenvalue weighted by Crippen LogP contribution is 2.37. The predicted molar refractivity (Wildman–Crippen MR) is 81.3 cm³/mol. The van der Waals surface area contributed by atoms with E-state index in [9.17, 15) is 9.18 Å². The van der Waals surface area contributed by atoms with Crippen molar-refractivity contribution >= 4 is 21.8 Å². The number of benzene rings is 1. The average Bonchev–Trinajstić information content (AvgIpc) is 2.32. The van der Waals surface area contributed by atoms with Gasteiger partial charge in [0, 0.05) is 23.6 Å². The van der Waals surface area contributed by atoms with Gasteiger partial charge in [0.2, 0.25) is 0 Å². The summed E-state index contributed by atoms with van der Waals surface area (Å²) < 4.78 is 13.6. The zero-order valence-electron chi connectivity index (χ0n) is 12.1. The molecule has 1 aromatic carbocycles. The molecular weight excluding hydrogens is 323 g/mol. The lowest BCUT2D eigenvalue weighted by Gasteiger charge is -2.49. The van der Waals surface area contributed by atoms with E-state index >= 15 is 0 Å². The van der Waals surface area contributed by atoms with Crippen molar-refractivity contribution in [3.63, 3.8) is 0 Å². The molecular formula is C15H20BrFN2O. The summed E-state index contributed by atoms with van der Waals surface area (Å²) in [5.74, 6) is -0.426. The summed E-state index contributed by atoms with van der Waals surface area (Å²) in [7, 11) is 5.93. The Hall–Kier alpha value is -0.940. The highest BCUT2D eigenvalue weighted by molar-refractivity contribution is 9.10. The molecule has 0 spiro atoms. The second-order valence-electron chi connectivity index (χ2n) is 5.76. The van der Waals surface area contributed by atoms with Crippen molar-refractivity contribution in [2.75, 3.05) is 27.7 Å². The van der Waals surface area contributed by atoms with E-state index in [2.05, 4.69) is 34.9 Å². The predicted octanol–water partition coefficient (Wildman–Crippen LogP) is 3.14. The van der Waals surface area contributed by atoms with Crippen molar-refractivity contribution in [2.24, 2.45) is 0 Å². The third-order valence-electron chi connectivity index (χ3n) is 4.27. The van der Waals surface area contributed by atoms with Crippen molar-refractivity contribution < 1.29 is 9.18 Å². The lowest BCUT2D eigenvalue weighted by atomic mass is 9.75. The molecule has 20 heavy (non-hydrogen) atoms. The summed E-state index contributed by atoms with van der Waals surface area (Å²) >= 11 is 3.26. The van der Waals surface area contributed by atoms with Gasteiger partial charge in [-0.25, -0.2) is 4.39 Å². The number of hydrogen-bond donors (Lipinski definition) is 0. The van der Waals surface area contributed by atoms with Crippen molar-refractivity contribution in [1.29, 1.82) is 0 Å². The Bertz CT molecular complexity index is 515. The van der Waals surface area contributed by atoms with Gasteiger partial charge < -0.3 is 9.80 Å². The van der Waals surface area contributed by atoms with Gasteiger partial charge in [0.1, 0.15) is 5.82 Å². The number of amides is 1. The van der Waals surface area contributed by atoms with E-state index in [1.54, 1.807) is 4.90 Å². The van der Waals surface area contributed by atoms with Gasteiger partial charge >= 0.3 is 0 Å². The molecule has 0 heterocycles. The summed E-state index contributed by atoms with van der Waals surface area (Å²) in [5, 5.41) is 0. The summed E-state index contributed by atoms with van der Waals surface area (Å²) in [5.41, 5.74) is 0.596. The Balaban J connectivity index is 2.12. The third kappa shape index (κ3) is 2.88. The maximum absolute atomic E-state index is 13.1. The zero-order valence-corrected chi connectivity index (χ0v) is 13.7. The Morgan fingerprint density at radius 3 is 2.45 bits per heavy atom. The van der Waals surface area contributed by atoms with E-state index in [1.165, 1.54) is 24.6 Å². The molecule has 1 saturated carbocycles.